The monoisotopic (exact) mass is 652 g/mol. The van der Waals surface area contributed by atoms with E-state index in [2.05, 4.69) is 20.0 Å². The summed E-state index contributed by atoms with van der Waals surface area (Å²) < 4.78 is 67.5. The molecule has 1 aliphatic rings. The number of aromatic nitrogens is 3. The Morgan fingerprint density at radius 1 is 1.02 bits per heavy atom. The Balaban J connectivity index is 1.10. The molecule has 1 aromatic carbocycles. The van der Waals surface area contributed by atoms with E-state index in [4.69, 9.17) is 16.6 Å². The van der Waals surface area contributed by atoms with E-state index in [0.717, 1.165) is 72.5 Å². The lowest BCUT2D eigenvalue weighted by atomic mass is 9.82. The van der Waals surface area contributed by atoms with Crippen molar-refractivity contribution in [2.45, 2.75) is 42.5 Å². The molecule has 3 heterocycles. The summed E-state index contributed by atoms with van der Waals surface area (Å²) in [7, 11) is 0.198. The summed E-state index contributed by atoms with van der Waals surface area (Å²) >= 11 is 7.07. The summed E-state index contributed by atoms with van der Waals surface area (Å²) in [6.07, 6.45) is 0.0840. The summed E-state index contributed by atoms with van der Waals surface area (Å²) in [5.74, 6) is 2.14. The van der Waals surface area contributed by atoms with E-state index in [1.165, 1.54) is 6.07 Å². The predicted molar refractivity (Wildman–Crippen MR) is 164 cm³/mol. The minimum absolute atomic E-state index is 0.111. The molecule has 0 aliphatic heterocycles. The third-order valence-corrected chi connectivity index (χ3v) is 10.9. The Morgan fingerprint density at radius 3 is 2.40 bits per heavy atom. The number of thiophene rings is 1. The lowest BCUT2D eigenvalue weighted by molar-refractivity contribution is -0.137. The number of sulfonamides is 1. The van der Waals surface area contributed by atoms with Gasteiger partial charge in [0.05, 0.1) is 21.8 Å². The molecule has 0 unspecified atom stereocenters. The van der Waals surface area contributed by atoms with Crippen molar-refractivity contribution >= 4 is 55.6 Å². The fourth-order valence-electron chi connectivity index (χ4n) is 5.17. The van der Waals surface area contributed by atoms with Crippen molar-refractivity contribution in [1.29, 1.82) is 0 Å². The first-order chi connectivity index (χ1) is 20.4. The summed E-state index contributed by atoms with van der Waals surface area (Å²) in [4.78, 5) is 15.8. The first-order valence-corrected chi connectivity index (χ1v) is 16.5. The third-order valence-electron chi connectivity index (χ3n) is 7.57. The maximum absolute atomic E-state index is 13.0. The second kappa shape index (κ2) is 12.9. The van der Waals surface area contributed by atoms with Gasteiger partial charge in [0.2, 0.25) is 16.0 Å². The average Bonchev–Trinajstić information content (AvgIpc) is 3.45. The molecule has 1 aliphatic carbocycles. The van der Waals surface area contributed by atoms with E-state index in [-0.39, 0.29) is 27.3 Å². The van der Waals surface area contributed by atoms with Crippen LogP contribution in [0.4, 0.5) is 24.9 Å². The fourth-order valence-corrected chi connectivity index (χ4v) is 7.92. The normalized spacial score (nSPS) is 17.7. The van der Waals surface area contributed by atoms with Gasteiger partial charge in [-0.15, -0.1) is 11.3 Å². The number of hydrogen-bond acceptors (Lipinski definition) is 8. The molecule has 1 saturated carbocycles. The van der Waals surface area contributed by atoms with E-state index in [9.17, 15) is 21.6 Å². The van der Waals surface area contributed by atoms with E-state index < -0.39 is 21.8 Å². The number of fused-ring (bicyclic) bond motifs is 1. The SMILES string of the molecule is CN(C)c1nc(NC[C@H]2CC[C@H](CNS(=O)(=O)c3ccc(Cc4ncc(C(F)(F)F)cc4Cl)s3)CC2)nc2ccccc12. The topological polar surface area (TPSA) is 100 Å². The van der Waals surface area contributed by atoms with Crippen LogP contribution in [0, 0.1) is 11.8 Å². The Bertz CT molecular complexity index is 1690. The number of nitrogens with one attached hydrogen (secondary N) is 2. The van der Waals surface area contributed by atoms with Crippen molar-refractivity contribution in [3.8, 4) is 0 Å². The second-order valence-corrected chi connectivity index (χ2v) is 14.5. The van der Waals surface area contributed by atoms with Gasteiger partial charge in [0.25, 0.3) is 0 Å². The molecule has 0 atom stereocenters. The smallest absolute Gasteiger partial charge is 0.362 e. The first-order valence-electron chi connectivity index (χ1n) is 13.9. The molecule has 0 radical (unpaired) electrons. The van der Waals surface area contributed by atoms with Crippen LogP contribution >= 0.6 is 22.9 Å². The average molecular weight is 653 g/mol. The lowest BCUT2D eigenvalue weighted by Crippen LogP contribution is -2.32. The van der Waals surface area contributed by atoms with Crippen LogP contribution in [0.3, 0.4) is 0 Å². The maximum Gasteiger partial charge on any atom is 0.417 e. The number of hydrogen-bond donors (Lipinski definition) is 2. The molecular formula is C29H32ClF3N6O2S2. The van der Waals surface area contributed by atoms with Gasteiger partial charge < -0.3 is 10.2 Å². The number of anilines is 2. The number of pyridine rings is 1. The summed E-state index contributed by atoms with van der Waals surface area (Å²) in [5, 5.41) is 4.29. The van der Waals surface area contributed by atoms with Crippen molar-refractivity contribution in [3.05, 3.63) is 69.8 Å². The number of rotatable bonds is 10. The predicted octanol–water partition coefficient (Wildman–Crippen LogP) is 6.61. The van der Waals surface area contributed by atoms with E-state index in [0.29, 0.717) is 23.3 Å². The third kappa shape index (κ3) is 7.75. The van der Waals surface area contributed by atoms with Crippen LogP contribution in [0.25, 0.3) is 10.9 Å². The zero-order chi connectivity index (χ0) is 30.8. The van der Waals surface area contributed by atoms with Crippen molar-refractivity contribution < 1.29 is 21.6 Å². The quantitative estimate of drug-likeness (QED) is 0.199. The molecule has 14 heteroatoms. The van der Waals surface area contributed by atoms with Gasteiger partial charge in [0, 0.05) is 50.1 Å². The molecule has 0 spiro atoms. The van der Waals surface area contributed by atoms with Gasteiger partial charge in [-0.3, -0.25) is 4.98 Å². The van der Waals surface area contributed by atoms with Crippen molar-refractivity contribution in [1.82, 2.24) is 19.7 Å². The van der Waals surface area contributed by atoms with Crippen molar-refractivity contribution in [2.24, 2.45) is 11.8 Å². The van der Waals surface area contributed by atoms with Crippen LogP contribution < -0.4 is 14.9 Å². The second-order valence-electron chi connectivity index (χ2n) is 10.9. The number of alkyl halides is 3. The highest BCUT2D eigenvalue weighted by molar-refractivity contribution is 7.91. The first kappa shape index (κ1) is 31.4. The number of benzene rings is 1. The van der Waals surface area contributed by atoms with Crippen LogP contribution in [0.5, 0.6) is 0 Å². The van der Waals surface area contributed by atoms with Gasteiger partial charge >= 0.3 is 6.18 Å². The van der Waals surface area contributed by atoms with E-state index in [1.807, 2.05) is 43.3 Å². The Labute approximate surface area is 257 Å². The van der Waals surface area contributed by atoms with Gasteiger partial charge in [-0.05, 0) is 67.9 Å². The molecular weight excluding hydrogens is 621 g/mol. The lowest BCUT2D eigenvalue weighted by Gasteiger charge is -2.28. The zero-order valence-electron chi connectivity index (χ0n) is 23.7. The molecule has 1 fully saturated rings. The highest BCUT2D eigenvalue weighted by atomic mass is 35.5. The molecule has 230 valence electrons. The minimum atomic E-state index is -4.54. The standard InChI is InChI=1S/C29H32ClF3N6O2S2/c1-39(2)27-22-5-3-4-6-24(22)37-28(38-27)35-15-18-7-9-19(10-8-18)16-36-43(40,41)26-12-11-21(42-26)14-25-23(30)13-20(17-34-25)29(31,32)33/h3-6,11-13,17-19,36H,7-10,14-16H2,1-2H3,(H,35,37,38)/t18-,19-. The minimum Gasteiger partial charge on any atom is -0.362 e. The van der Waals surface area contributed by atoms with Gasteiger partial charge in [-0.2, -0.15) is 18.2 Å². The van der Waals surface area contributed by atoms with Crippen molar-refractivity contribution in [2.75, 3.05) is 37.4 Å². The molecule has 4 aromatic rings. The molecule has 8 nitrogen and oxygen atoms in total. The summed E-state index contributed by atoms with van der Waals surface area (Å²) in [5.41, 5.74) is 0.213. The van der Waals surface area contributed by atoms with Gasteiger partial charge in [-0.25, -0.2) is 18.1 Å². The molecule has 0 bridgehead atoms. The Hall–Kier alpha value is -3.00. The maximum atomic E-state index is 13.0. The molecule has 2 N–H and O–H groups in total. The molecule has 3 aromatic heterocycles. The largest absolute Gasteiger partial charge is 0.417 e. The van der Waals surface area contributed by atoms with Crippen LogP contribution in [-0.2, 0) is 22.6 Å². The van der Waals surface area contributed by atoms with Gasteiger partial charge in [-0.1, -0.05) is 23.7 Å². The van der Waals surface area contributed by atoms with Crippen LogP contribution in [0.2, 0.25) is 5.02 Å². The van der Waals surface area contributed by atoms with Crippen LogP contribution in [-0.4, -0.2) is 50.6 Å². The van der Waals surface area contributed by atoms with Gasteiger partial charge in [0.15, 0.2) is 0 Å². The highest BCUT2D eigenvalue weighted by Gasteiger charge is 2.31. The molecule has 0 saturated heterocycles. The Kier molecular flexibility index (Phi) is 9.45. The van der Waals surface area contributed by atoms with E-state index >= 15 is 0 Å². The number of para-hydroxylation sites is 1. The van der Waals surface area contributed by atoms with Crippen LogP contribution in [0.15, 0.2) is 52.9 Å². The van der Waals surface area contributed by atoms with Crippen molar-refractivity contribution in [3.63, 3.8) is 0 Å². The highest BCUT2D eigenvalue weighted by Crippen LogP contribution is 2.33. The number of halogens is 4. The van der Waals surface area contributed by atoms with E-state index in [1.54, 1.807) is 6.07 Å². The molecule has 0 amide bonds. The molecule has 43 heavy (non-hydrogen) atoms. The summed E-state index contributed by atoms with van der Waals surface area (Å²) in [6.45, 7) is 1.10. The zero-order valence-corrected chi connectivity index (χ0v) is 26.0. The van der Waals surface area contributed by atoms with Gasteiger partial charge in [0.1, 0.15) is 10.0 Å². The summed E-state index contributed by atoms with van der Waals surface area (Å²) in [6, 6.07) is 11.9. The van der Waals surface area contributed by atoms with Crippen LogP contribution in [0.1, 0.15) is 41.8 Å². The number of nitrogens with zero attached hydrogens (tertiary/aromatic N) is 4. The Morgan fingerprint density at radius 2 is 1.72 bits per heavy atom. The fraction of sp³-hybridized carbons (Fsp3) is 0.414. The molecule has 5 rings (SSSR count).